The van der Waals surface area contributed by atoms with E-state index in [4.69, 9.17) is 0 Å². The topological polar surface area (TPSA) is 23.5 Å². The number of benzene rings is 1. The minimum Gasteiger partial charge on any atom is -0.389 e. The monoisotopic (exact) mass is 235 g/mol. The summed E-state index contributed by atoms with van der Waals surface area (Å²) in [6, 6.07) is 4.97. The van der Waals surface area contributed by atoms with Crippen molar-refractivity contribution in [3.05, 3.63) is 41.2 Å². The first kappa shape index (κ1) is 12.1. The highest BCUT2D eigenvalue weighted by atomic mass is 19.1. The third kappa shape index (κ3) is 2.50. The Hall–Kier alpha value is -1.35. The van der Waals surface area contributed by atoms with Crippen molar-refractivity contribution >= 4 is 5.69 Å². The van der Waals surface area contributed by atoms with E-state index in [2.05, 4.69) is 17.9 Å². The van der Waals surface area contributed by atoms with Gasteiger partial charge in [-0.05, 0) is 32.4 Å². The summed E-state index contributed by atoms with van der Waals surface area (Å²) >= 11 is 0. The van der Waals surface area contributed by atoms with Crippen LogP contribution in [-0.4, -0.2) is 18.2 Å². The molecule has 0 saturated carbocycles. The molecule has 0 saturated heterocycles. The average molecular weight is 235 g/mol. The zero-order valence-electron chi connectivity index (χ0n) is 10.3. The fourth-order valence-electron chi connectivity index (χ4n) is 2.20. The molecule has 92 valence electrons. The lowest BCUT2D eigenvalue weighted by Gasteiger charge is -2.30. The van der Waals surface area contributed by atoms with E-state index in [9.17, 15) is 9.50 Å². The molecule has 1 atom stereocenters. The van der Waals surface area contributed by atoms with Crippen LogP contribution in [0.1, 0.15) is 31.9 Å². The van der Waals surface area contributed by atoms with Crippen LogP contribution in [0.25, 0.3) is 0 Å². The van der Waals surface area contributed by atoms with E-state index >= 15 is 0 Å². The highest BCUT2D eigenvalue weighted by Gasteiger charge is 2.19. The summed E-state index contributed by atoms with van der Waals surface area (Å²) in [5, 5.41) is 9.69. The molecular weight excluding hydrogens is 217 g/mol. The summed E-state index contributed by atoms with van der Waals surface area (Å²) in [6.45, 7) is 5.38. The third-order valence-electron chi connectivity index (χ3n) is 3.22. The largest absolute Gasteiger partial charge is 0.389 e. The molecule has 1 heterocycles. The summed E-state index contributed by atoms with van der Waals surface area (Å²) in [5.41, 5.74) is 2.58. The van der Waals surface area contributed by atoms with E-state index in [1.54, 1.807) is 13.0 Å². The fraction of sp³-hybridized carbons (Fsp3) is 0.429. The predicted octanol–water partition coefficient (Wildman–Crippen LogP) is 3.04. The van der Waals surface area contributed by atoms with Crippen LogP contribution >= 0.6 is 0 Å². The van der Waals surface area contributed by atoms with Crippen LogP contribution in [-0.2, 0) is 0 Å². The molecule has 1 aromatic rings. The standard InChI is InChI=1S/C14H18FNO/c1-10-6-8-16(9-7-10)13-5-3-4-12(15)14(13)11(2)17/h3-6,11,17H,7-9H2,1-2H3. The molecule has 2 nitrogen and oxygen atoms in total. The normalized spacial score (nSPS) is 17.9. The first-order chi connectivity index (χ1) is 8.09. The van der Waals surface area contributed by atoms with Crippen LogP contribution in [0.2, 0.25) is 0 Å². The molecule has 17 heavy (non-hydrogen) atoms. The molecule has 0 amide bonds. The van der Waals surface area contributed by atoms with Gasteiger partial charge < -0.3 is 10.0 Å². The highest BCUT2D eigenvalue weighted by molar-refractivity contribution is 5.56. The van der Waals surface area contributed by atoms with Gasteiger partial charge in [0.2, 0.25) is 0 Å². The molecule has 1 unspecified atom stereocenters. The first-order valence-corrected chi connectivity index (χ1v) is 5.96. The molecule has 0 bridgehead atoms. The van der Waals surface area contributed by atoms with E-state index < -0.39 is 6.10 Å². The fourth-order valence-corrected chi connectivity index (χ4v) is 2.20. The van der Waals surface area contributed by atoms with Crippen LogP contribution in [0.5, 0.6) is 0 Å². The summed E-state index contributed by atoms with van der Waals surface area (Å²) in [4.78, 5) is 2.11. The Labute approximate surface area is 101 Å². The van der Waals surface area contributed by atoms with E-state index in [0.29, 0.717) is 5.56 Å². The summed E-state index contributed by atoms with van der Waals surface area (Å²) in [7, 11) is 0. The second kappa shape index (κ2) is 4.88. The number of aliphatic hydroxyl groups is 1. The molecule has 1 aliphatic rings. The van der Waals surface area contributed by atoms with Gasteiger partial charge in [-0.3, -0.25) is 0 Å². The Balaban J connectivity index is 2.35. The van der Waals surface area contributed by atoms with Crippen LogP contribution < -0.4 is 4.90 Å². The van der Waals surface area contributed by atoms with Gasteiger partial charge in [-0.15, -0.1) is 0 Å². The van der Waals surface area contributed by atoms with Crippen molar-refractivity contribution in [1.82, 2.24) is 0 Å². The predicted molar refractivity (Wildman–Crippen MR) is 67.6 cm³/mol. The SMILES string of the molecule is CC1=CCN(c2cccc(F)c2C(C)O)CC1. The quantitative estimate of drug-likeness (QED) is 0.796. The minimum absolute atomic E-state index is 0.330. The second-order valence-corrected chi connectivity index (χ2v) is 4.60. The van der Waals surface area contributed by atoms with Gasteiger partial charge in [0.1, 0.15) is 5.82 Å². The van der Waals surface area contributed by atoms with E-state index in [1.165, 1.54) is 11.6 Å². The summed E-state index contributed by atoms with van der Waals surface area (Å²) < 4.78 is 13.7. The molecule has 2 rings (SSSR count). The highest BCUT2D eigenvalue weighted by Crippen LogP contribution is 2.30. The molecule has 0 radical (unpaired) electrons. The molecule has 1 N–H and O–H groups in total. The average Bonchev–Trinajstić information content (AvgIpc) is 2.29. The molecule has 0 fully saturated rings. The van der Waals surface area contributed by atoms with Gasteiger partial charge in [-0.2, -0.15) is 0 Å². The Morgan fingerprint density at radius 2 is 2.18 bits per heavy atom. The van der Waals surface area contributed by atoms with Gasteiger partial charge in [-0.1, -0.05) is 17.7 Å². The maximum absolute atomic E-state index is 13.7. The lowest BCUT2D eigenvalue weighted by atomic mass is 10.0. The van der Waals surface area contributed by atoms with Crippen LogP contribution in [0.3, 0.4) is 0 Å². The number of halogens is 1. The third-order valence-corrected chi connectivity index (χ3v) is 3.22. The molecule has 3 heteroatoms. The molecular formula is C14H18FNO. The van der Waals surface area contributed by atoms with Crippen molar-refractivity contribution < 1.29 is 9.50 Å². The van der Waals surface area contributed by atoms with Gasteiger partial charge in [0.05, 0.1) is 6.10 Å². The minimum atomic E-state index is -0.779. The van der Waals surface area contributed by atoms with Crippen molar-refractivity contribution in [3.8, 4) is 0 Å². The number of anilines is 1. The summed E-state index contributed by atoms with van der Waals surface area (Å²) in [5.74, 6) is -0.330. The van der Waals surface area contributed by atoms with Crippen molar-refractivity contribution in [1.29, 1.82) is 0 Å². The second-order valence-electron chi connectivity index (χ2n) is 4.60. The number of hydrogen-bond donors (Lipinski definition) is 1. The summed E-state index contributed by atoms with van der Waals surface area (Å²) in [6.07, 6.45) is 2.37. The Morgan fingerprint density at radius 3 is 2.76 bits per heavy atom. The zero-order valence-corrected chi connectivity index (χ0v) is 10.3. The Morgan fingerprint density at radius 1 is 1.41 bits per heavy atom. The maximum atomic E-state index is 13.7. The first-order valence-electron chi connectivity index (χ1n) is 5.96. The van der Waals surface area contributed by atoms with Crippen molar-refractivity contribution in [3.63, 3.8) is 0 Å². The lowest BCUT2D eigenvalue weighted by Crippen LogP contribution is -2.29. The van der Waals surface area contributed by atoms with Gasteiger partial charge in [0.25, 0.3) is 0 Å². The van der Waals surface area contributed by atoms with Crippen molar-refractivity contribution in [2.75, 3.05) is 18.0 Å². The van der Waals surface area contributed by atoms with E-state index in [0.717, 1.165) is 25.2 Å². The Bertz CT molecular complexity index is 440. The van der Waals surface area contributed by atoms with Crippen molar-refractivity contribution in [2.45, 2.75) is 26.4 Å². The van der Waals surface area contributed by atoms with Crippen LogP contribution in [0.15, 0.2) is 29.8 Å². The Kier molecular flexibility index (Phi) is 3.48. The number of hydrogen-bond acceptors (Lipinski definition) is 2. The number of nitrogens with zero attached hydrogens (tertiary/aromatic N) is 1. The van der Waals surface area contributed by atoms with Crippen LogP contribution in [0, 0.1) is 5.82 Å². The van der Waals surface area contributed by atoms with Crippen molar-refractivity contribution in [2.24, 2.45) is 0 Å². The van der Waals surface area contributed by atoms with E-state index in [-0.39, 0.29) is 5.82 Å². The van der Waals surface area contributed by atoms with Gasteiger partial charge in [0, 0.05) is 24.3 Å². The van der Waals surface area contributed by atoms with Gasteiger partial charge in [-0.25, -0.2) is 4.39 Å². The molecule has 0 aromatic heterocycles. The van der Waals surface area contributed by atoms with Crippen LogP contribution in [0.4, 0.5) is 10.1 Å². The lowest BCUT2D eigenvalue weighted by molar-refractivity contribution is 0.194. The smallest absolute Gasteiger partial charge is 0.131 e. The number of aliphatic hydroxyl groups excluding tert-OH is 1. The molecule has 1 aromatic carbocycles. The molecule has 0 spiro atoms. The zero-order chi connectivity index (χ0) is 12.4. The van der Waals surface area contributed by atoms with Gasteiger partial charge >= 0.3 is 0 Å². The van der Waals surface area contributed by atoms with E-state index in [1.807, 2.05) is 6.07 Å². The number of rotatable bonds is 2. The molecule has 1 aliphatic heterocycles. The maximum Gasteiger partial charge on any atom is 0.131 e. The van der Waals surface area contributed by atoms with Gasteiger partial charge in [0.15, 0.2) is 0 Å². The molecule has 0 aliphatic carbocycles.